The fourth-order valence-corrected chi connectivity index (χ4v) is 2.75. The zero-order chi connectivity index (χ0) is 15.1. The minimum Gasteiger partial charge on any atom is -0.297 e. The number of nitrogens with zero attached hydrogens (tertiary/aromatic N) is 3. The lowest BCUT2D eigenvalue weighted by Gasteiger charge is -2.17. The molecule has 1 aliphatic rings. The summed E-state index contributed by atoms with van der Waals surface area (Å²) in [7, 11) is 0. The zero-order valence-corrected chi connectivity index (χ0v) is 12.3. The van der Waals surface area contributed by atoms with Gasteiger partial charge in [0, 0.05) is 5.69 Å². The average molecular weight is 302 g/mol. The highest BCUT2D eigenvalue weighted by molar-refractivity contribution is 6.52. The molecular formula is C15H12ClN3O2. The van der Waals surface area contributed by atoms with E-state index in [0.29, 0.717) is 27.9 Å². The molecule has 1 aromatic heterocycles. The maximum absolute atomic E-state index is 12.2. The van der Waals surface area contributed by atoms with Crippen LogP contribution in [0.3, 0.4) is 0 Å². The molecular weight excluding hydrogens is 290 g/mol. The molecule has 5 nitrogen and oxygen atoms in total. The van der Waals surface area contributed by atoms with Crippen LogP contribution in [0.25, 0.3) is 0 Å². The number of para-hydroxylation sites is 1. The molecule has 0 fully saturated rings. The summed E-state index contributed by atoms with van der Waals surface area (Å²) in [4.78, 5) is 34.0. The van der Waals surface area contributed by atoms with Gasteiger partial charge in [0.1, 0.15) is 11.0 Å². The van der Waals surface area contributed by atoms with Gasteiger partial charge in [0.2, 0.25) is 0 Å². The zero-order valence-electron chi connectivity index (χ0n) is 11.6. The van der Waals surface area contributed by atoms with Crippen LogP contribution in [-0.2, 0) is 11.3 Å². The number of hydrogen-bond donors (Lipinski definition) is 0. The van der Waals surface area contributed by atoms with Crippen LogP contribution >= 0.6 is 11.6 Å². The lowest BCUT2D eigenvalue weighted by Crippen LogP contribution is -2.30. The Kier molecular flexibility index (Phi) is 3.22. The first-order valence-corrected chi connectivity index (χ1v) is 6.81. The second kappa shape index (κ2) is 4.93. The van der Waals surface area contributed by atoms with Gasteiger partial charge in [0.05, 0.1) is 17.8 Å². The van der Waals surface area contributed by atoms with Crippen LogP contribution in [0.15, 0.2) is 24.3 Å². The van der Waals surface area contributed by atoms with Crippen molar-refractivity contribution in [2.75, 3.05) is 4.90 Å². The molecule has 3 rings (SSSR count). The number of Topliss-reactive ketones (excluding diaryl/α,β-unsaturated/α-hetero) is 1. The molecule has 1 amide bonds. The number of benzene rings is 1. The number of ketones is 1. The highest BCUT2D eigenvalue weighted by Gasteiger charge is 2.37. The van der Waals surface area contributed by atoms with Crippen molar-refractivity contribution in [1.82, 2.24) is 9.97 Å². The largest absolute Gasteiger partial charge is 0.299 e. The first-order valence-electron chi connectivity index (χ1n) is 6.43. The van der Waals surface area contributed by atoms with Crippen molar-refractivity contribution < 1.29 is 9.59 Å². The molecule has 0 saturated heterocycles. The van der Waals surface area contributed by atoms with E-state index < -0.39 is 11.7 Å². The molecule has 0 saturated carbocycles. The third kappa shape index (κ3) is 2.29. The van der Waals surface area contributed by atoms with E-state index in [9.17, 15) is 9.59 Å². The van der Waals surface area contributed by atoms with Crippen LogP contribution in [0, 0.1) is 13.8 Å². The Balaban J connectivity index is 2.04. The second-order valence-corrected chi connectivity index (χ2v) is 5.33. The Morgan fingerprint density at radius 3 is 2.67 bits per heavy atom. The first-order chi connectivity index (χ1) is 9.97. The maximum Gasteiger partial charge on any atom is 0.299 e. The molecule has 0 unspecified atom stereocenters. The third-order valence-corrected chi connectivity index (χ3v) is 3.55. The highest BCUT2D eigenvalue weighted by atomic mass is 35.5. The number of halogens is 1. The minimum absolute atomic E-state index is 0.129. The van der Waals surface area contributed by atoms with Crippen LogP contribution in [0.4, 0.5) is 5.69 Å². The Morgan fingerprint density at radius 1 is 1.19 bits per heavy atom. The van der Waals surface area contributed by atoms with Gasteiger partial charge in [-0.3, -0.25) is 14.5 Å². The number of carbonyl (C=O) groups excluding carboxylic acids is 2. The van der Waals surface area contributed by atoms with E-state index in [-0.39, 0.29) is 6.54 Å². The summed E-state index contributed by atoms with van der Waals surface area (Å²) in [6.45, 7) is 3.79. The molecule has 1 aliphatic heterocycles. The second-order valence-electron chi connectivity index (χ2n) is 4.94. The van der Waals surface area contributed by atoms with Crippen LogP contribution < -0.4 is 4.90 Å². The molecule has 0 radical (unpaired) electrons. The van der Waals surface area contributed by atoms with Gasteiger partial charge in [-0.2, -0.15) is 0 Å². The van der Waals surface area contributed by atoms with Crippen LogP contribution in [0.5, 0.6) is 0 Å². The molecule has 0 N–H and O–H groups in total. The number of aryl methyl sites for hydroxylation is 2. The van der Waals surface area contributed by atoms with Gasteiger partial charge in [-0.1, -0.05) is 23.7 Å². The van der Waals surface area contributed by atoms with Crippen LogP contribution in [0.2, 0.25) is 5.15 Å². The normalized spacial score (nSPS) is 13.8. The summed E-state index contributed by atoms with van der Waals surface area (Å²) in [6.07, 6.45) is 0. The van der Waals surface area contributed by atoms with Gasteiger partial charge in [-0.15, -0.1) is 0 Å². The lowest BCUT2D eigenvalue weighted by atomic mass is 10.1. The number of amides is 1. The summed E-state index contributed by atoms with van der Waals surface area (Å²) in [5.41, 5.74) is 2.64. The summed E-state index contributed by atoms with van der Waals surface area (Å²) in [6, 6.07) is 6.93. The minimum atomic E-state index is -0.555. The molecule has 2 heterocycles. The van der Waals surface area contributed by atoms with Crippen molar-refractivity contribution in [1.29, 1.82) is 0 Å². The molecule has 6 heteroatoms. The molecule has 2 aromatic rings. The predicted octanol–water partition coefficient (Wildman–Crippen LogP) is 2.48. The topological polar surface area (TPSA) is 63.2 Å². The van der Waals surface area contributed by atoms with Crippen molar-refractivity contribution in [3.63, 3.8) is 0 Å². The van der Waals surface area contributed by atoms with E-state index in [0.717, 1.165) is 5.56 Å². The van der Waals surface area contributed by atoms with Crippen LogP contribution in [0.1, 0.15) is 27.4 Å². The van der Waals surface area contributed by atoms with Crippen molar-refractivity contribution in [2.45, 2.75) is 20.4 Å². The molecule has 0 aliphatic carbocycles. The average Bonchev–Trinajstić information content (AvgIpc) is 2.64. The number of rotatable bonds is 2. The summed E-state index contributed by atoms with van der Waals surface area (Å²) in [5.74, 6) is -0.634. The van der Waals surface area contributed by atoms with Crippen molar-refractivity contribution in [2.24, 2.45) is 0 Å². The van der Waals surface area contributed by atoms with E-state index in [1.54, 1.807) is 25.1 Å². The van der Waals surface area contributed by atoms with E-state index in [4.69, 9.17) is 11.6 Å². The maximum atomic E-state index is 12.2. The van der Waals surface area contributed by atoms with Gasteiger partial charge in [0.25, 0.3) is 11.7 Å². The number of fused-ring (bicyclic) bond motifs is 1. The quantitative estimate of drug-likeness (QED) is 0.631. The van der Waals surface area contributed by atoms with E-state index in [1.807, 2.05) is 13.0 Å². The molecule has 106 valence electrons. The molecule has 0 spiro atoms. The van der Waals surface area contributed by atoms with Gasteiger partial charge in [-0.25, -0.2) is 9.97 Å². The summed E-state index contributed by atoms with van der Waals surface area (Å²) < 4.78 is 0. The highest BCUT2D eigenvalue weighted by Crippen LogP contribution is 2.33. The third-order valence-electron chi connectivity index (χ3n) is 3.36. The summed E-state index contributed by atoms with van der Waals surface area (Å²) in [5, 5.41) is 0.320. The molecule has 21 heavy (non-hydrogen) atoms. The van der Waals surface area contributed by atoms with Gasteiger partial charge >= 0.3 is 0 Å². The van der Waals surface area contributed by atoms with Gasteiger partial charge < -0.3 is 0 Å². The van der Waals surface area contributed by atoms with Crippen molar-refractivity contribution >= 4 is 29.0 Å². The van der Waals surface area contributed by atoms with Crippen LogP contribution in [-0.4, -0.2) is 21.7 Å². The monoisotopic (exact) mass is 301 g/mol. The SMILES string of the molecule is Cc1cc(Cl)nc(CN2C(=O)C(=O)c3cccc(C)c32)n1. The number of hydrogen-bond acceptors (Lipinski definition) is 4. The number of carbonyl (C=O) groups is 2. The van der Waals surface area contributed by atoms with Gasteiger partial charge in [0.15, 0.2) is 0 Å². The summed E-state index contributed by atoms with van der Waals surface area (Å²) >= 11 is 5.91. The van der Waals surface area contributed by atoms with E-state index in [1.165, 1.54) is 4.90 Å². The van der Waals surface area contributed by atoms with E-state index in [2.05, 4.69) is 9.97 Å². The Bertz CT molecular complexity index is 753. The Morgan fingerprint density at radius 2 is 1.95 bits per heavy atom. The number of aromatic nitrogens is 2. The smallest absolute Gasteiger partial charge is 0.297 e. The fourth-order valence-electron chi connectivity index (χ4n) is 2.49. The Hall–Kier alpha value is -2.27. The fraction of sp³-hybridized carbons (Fsp3) is 0.200. The van der Waals surface area contributed by atoms with E-state index >= 15 is 0 Å². The standard InChI is InChI=1S/C15H12ClN3O2/c1-8-4-3-5-10-13(8)19(15(21)14(10)20)7-12-17-9(2)6-11(16)18-12/h3-6H,7H2,1-2H3. The molecule has 0 bridgehead atoms. The first kappa shape index (κ1) is 13.7. The molecule has 0 atom stereocenters. The number of anilines is 1. The van der Waals surface area contributed by atoms with Crippen molar-refractivity contribution in [3.8, 4) is 0 Å². The predicted molar refractivity (Wildman–Crippen MR) is 78.5 cm³/mol. The molecule has 1 aromatic carbocycles. The lowest BCUT2D eigenvalue weighted by molar-refractivity contribution is -0.114. The van der Waals surface area contributed by atoms with Crippen molar-refractivity contribution in [3.05, 3.63) is 52.1 Å². The Labute approximate surface area is 126 Å². The van der Waals surface area contributed by atoms with Gasteiger partial charge in [-0.05, 0) is 31.5 Å².